The Kier molecular flexibility index (Phi) is 3.03. The molecule has 0 spiro atoms. The highest BCUT2D eigenvalue weighted by Gasteiger charge is 2.16. The summed E-state index contributed by atoms with van der Waals surface area (Å²) in [6.07, 6.45) is 1.42. The number of nitrogens with one attached hydrogen (secondary N) is 1. The van der Waals surface area contributed by atoms with Gasteiger partial charge in [0.15, 0.2) is 0 Å². The van der Waals surface area contributed by atoms with Gasteiger partial charge in [0.2, 0.25) is 5.91 Å². The summed E-state index contributed by atoms with van der Waals surface area (Å²) in [4.78, 5) is 11.2. The van der Waals surface area contributed by atoms with Crippen molar-refractivity contribution in [1.29, 1.82) is 0 Å². The lowest BCUT2D eigenvalue weighted by Gasteiger charge is -2.29. The first kappa shape index (κ1) is 10.6. The maximum absolute atomic E-state index is 11.2. The highest BCUT2D eigenvalue weighted by atomic mass is 35.5. The van der Waals surface area contributed by atoms with Crippen molar-refractivity contribution in [1.82, 2.24) is 5.43 Å². The Hall–Kier alpha value is -0.930. The van der Waals surface area contributed by atoms with Gasteiger partial charge in [0.1, 0.15) is 0 Å². The first-order valence-corrected chi connectivity index (χ1v) is 5.44. The van der Waals surface area contributed by atoms with Gasteiger partial charge in [0.05, 0.1) is 5.69 Å². The molecule has 2 rings (SSSR count). The summed E-state index contributed by atoms with van der Waals surface area (Å²) in [7, 11) is 0. The molecule has 1 saturated heterocycles. The van der Waals surface area contributed by atoms with Crippen molar-refractivity contribution >= 4 is 34.8 Å². The van der Waals surface area contributed by atoms with Crippen molar-refractivity contribution in [2.75, 3.05) is 11.6 Å². The van der Waals surface area contributed by atoms with Gasteiger partial charge in [-0.3, -0.25) is 15.2 Å². The molecule has 1 aromatic rings. The average molecular weight is 245 g/mol. The number of anilines is 1. The molecule has 1 aromatic carbocycles. The van der Waals surface area contributed by atoms with E-state index in [2.05, 4.69) is 5.43 Å². The second-order valence-corrected chi connectivity index (χ2v) is 4.29. The lowest BCUT2D eigenvalue weighted by atomic mass is 10.2. The quantitative estimate of drug-likeness (QED) is 0.824. The molecular formula is C10H10Cl2N2O. The largest absolute Gasteiger partial charge is 0.285 e. The Labute approximate surface area is 97.9 Å². The third kappa shape index (κ3) is 2.55. The number of hydrogen-bond donors (Lipinski definition) is 1. The Morgan fingerprint density at radius 3 is 2.47 bits per heavy atom. The van der Waals surface area contributed by atoms with Gasteiger partial charge in [-0.2, -0.15) is 0 Å². The molecule has 1 N–H and O–H groups in total. The molecule has 1 heterocycles. The van der Waals surface area contributed by atoms with Crippen LogP contribution in [0.2, 0.25) is 10.0 Å². The zero-order valence-electron chi connectivity index (χ0n) is 7.96. The summed E-state index contributed by atoms with van der Waals surface area (Å²) in [6, 6.07) is 5.22. The van der Waals surface area contributed by atoms with E-state index in [1.165, 1.54) is 0 Å². The molecule has 5 heteroatoms. The monoisotopic (exact) mass is 244 g/mol. The summed E-state index contributed by atoms with van der Waals surface area (Å²) in [6.45, 7) is 0.780. The van der Waals surface area contributed by atoms with Crippen molar-refractivity contribution in [2.24, 2.45) is 0 Å². The van der Waals surface area contributed by atoms with E-state index < -0.39 is 0 Å². The standard InChI is InChI=1S/C10H10Cl2N2O/c11-7-4-8(12)6-9(5-7)14-3-1-2-10(15)13-14/h4-6H,1-3H2,(H,13,15). The summed E-state index contributed by atoms with van der Waals surface area (Å²) in [5.41, 5.74) is 3.58. The maximum Gasteiger partial charge on any atom is 0.238 e. The summed E-state index contributed by atoms with van der Waals surface area (Å²) < 4.78 is 0. The Morgan fingerprint density at radius 1 is 1.20 bits per heavy atom. The molecule has 0 saturated carbocycles. The first-order valence-electron chi connectivity index (χ1n) is 4.68. The van der Waals surface area contributed by atoms with E-state index >= 15 is 0 Å². The number of amides is 1. The predicted molar refractivity (Wildman–Crippen MR) is 61.2 cm³/mol. The fourth-order valence-electron chi connectivity index (χ4n) is 1.55. The number of rotatable bonds is 1. The number of halogens is 2. The second-order valence-electron chi connectivity index (χ2n) is 3.42. The molecule has 3 nitrogen and oxygen atoms in total. The third-order valence-corrected chi connectivity index (χ3v) is 2.64. The van der Waals surface area contributed by atoms with Gasteiger partial charge in [-0.1, -0.05) is 23.2 Å². The molecule has 0 atom stereocenters. The van der Waals surface area contributed by atoms with Gasteiger partial charge in [0, 0.05) is 23.0 Å². The first-order chi connectivity index (χ1) is 7.15. The third-order valence-electron chi connectivity index (χ3n) is 2.20. The lowest BCUT2D eigenvalue weighted by molar-refractivity contribution is -0.122. The number of carbonyl (C=O) groups excluding carboxylic acids is 1. The fraction of sp³-hybridized carbons (Fsp3) is 0.300. The Morgan fingerprint density at radius 2 is 1.87 bits per heavy atom. The van der Waals surface area contributed by atoms with Crippen LogP contribution in [0.5, 0.6) is 0 Å². The maximum atomic E-state index is 11.2. The molecule has 0 bridgehead atoms. The zero-order valence-corrected chi connectivity index (χ0v) is 9.48. The topological polar surface area (TPSA) is 32.3 Å². The van der Waals surface area contributed by atoms with Gasteiger partial charge in [-0.25, -0.2) is 0 Å². The molecule has 1 amide bonds. The van der Waals surface area contributed by atoms with Crippen LogP contribution >= 0.6 is 23.2 Å². The van der Waals surface area contributed by atoms with Gasteiger partial charge in [0.25, 0.3) is 0 Å². The number of benzene rings is 1. The molecular weight excluding hydrogens is 235 g/mol. The van der Waals surface area contributed by atoms with E-state index in [0.717, 1.165) is 18.7 Å². The Bertz CT molecular complexity index is 375. The minimum Gasteiger partial charge on any atom is -0.285 e. The van der Waals surface area contributed by atoms with E-state index in [-0.39, 0.29) is 5.91 Å². The van der Waals surface area contributed by atoms with Gasteiger partial charge in [-0.05, 0) is 24.6 Å². The normalized spacial score (nSPS) is 16.4. The van der Waals surface area contributed by atoms with Crippen molar-refractivity contribution in [2.45, 2.75) is 12.8 Å². The van der Waals surface area contributed by atoms with Crippen molar-refractivity contribution in [3.63, 3.8) is 0 Å². The van der Waals surface area contributed by atoms with E-state index in [1.54, 1.807) is 23.2 Å². The highest BCUT2D eigenvalue weighted by Crippen LogP contribution is 2.25. The van der Waals surface area contributed by atoms with E-state index in [1.807, 2.05) is 0 Å². The van der Waals surface area contributed by atoms with Crippen LogP contribution < -0.4 is 10.4 Å². The van der Waals surface area contributed by atoms with Crippen LogP contribution in [0.15, 0.2) is 18.2 Å². The minimum atomic E-state index is 0.0253. The minimum absolute atomic E-state index is 0.0253. The van der Waals surface area contributed by atoms with Crippen LogP contribution in [0.25, 0.3) is 0 Å². The molecule has 1 aliphatic rings. The molecule has 1 aliphatic heterocycles. The average Bonchev–Trinajstić information content (AvgIpc) is 2.16. The molecule has 0 aliphatic carbocycles. The van der Waals surface area contributed by atoms with Crippen LogP contribution in [0, 0.1) is 0 Å². The SMILES string of the molecule is O=C1CCCN(c2cc(Cl)cc(Cl)c2)N1. The zero-order chi connectivity index (χ0) is 10.8. The van der Waals surface area contributed by atoms with Gasteiger partial charge >= 0.3 is 0 Å². The Balaban J connectivity index is 2.24. The fourth-order valence-corrected chi connectivity index (χ4v) is 2.06. The van der Waals surface area contributed by atoms with E-state index in [4.69, 9.17) is 23.2 Å². The van der Waals surface area contributed by atoms with Crippen LogP contribution in [0.4, 0.5) is 5.69 Å². The van der Waals surface area contributed by atoms with Crippen molar-refractivity contribution in [3.05, 3.63) is 28.2 Å². The lowest BCUT2D eigenvalue weighted by Crippen LogP contribution is -2.46. The predicted octanol–water partition coefficient (Wildman–Crippen LogP) is 2.62. The highest BCUT2D eigenvalue weighted by molar-refractivity contribution is 6.35. The molecule has 0 aromatic heterocycles. The number of hydrazine groups is 1. The number of carbonyl (C=O) groups is 1. The van der Waals surface area contributed by atoms with Gasteiger partial charge < -0.3 is 0 Å². The van der Waals surface area contributed by atoms with Crippen molar-refractivity contribution < 1.29 is 4.79 Å². The molecule has 15 heavy (non-hydrogen) atoms. The van der Waals surface area contributed by atoms with E-state index in [9.17, 15) is 4.79 Å². The van der Waals surface area contributed by atoms with Gasteiger partial charge in [-0.15, -0.1) is 0 Å². The van der Waals surface area contributed by atoms with Crippen LogP contribution in [-0.2, 0) is 4.79 Å². The summed E-state index contributed by atoms with van der Waals surface area (Å²) in [5.74, 6) is 0.0253. The number of hydrogen-bond acceptors (Lipinski definition) is 2. The second kappa shape index (κ2) is 4.29. The molecule has 0 unspecified atom stereocenters. The number of nitrogens with zero attached hydrogens (tertiary/aromatic N) is 1. The van der Waals surface area contributed by atoms with Crippen molar-refractivity contribution in [3.8, 4) is 0 Å². The molecule has 0 radical (unpaired) electrons. The smallest absolute Gasteiger partial charge is 0.238 e. The molecule has 80 valence electrons. The van der Waals surface area contributed by atoms with Crippen LogP contribution in [0.1, 0.15) is 12.8 Å². The van der Waals surface area contributed by atoms with Crippen LogP contribution in [0.3, 0.4) is 0 Å². The van der Waals surface area contributed by atoms with E-state index in [0.29, 0.717) is 16.5 Å². The summed E-state index contributed by atoms with van der Waals surface area (Å²) in [5, 5.41) is 2.90. The summed E-state index contributed by atoms with van der Waals surface area (Å²) >= 11 is 11.8. The van der Waals surface area contributed by atoms with Crippen LogP contribution in [-0.4, -0.2) is 12.5 Å². The molecule has 1 fully saturated rings.